The zero-order valence-corrected chi connectivity index (χ0v) is 9.73. The van der Waals surface area contributed by atoms with Crippen LogP contribution in [0, 0.1) is 12.3 Å². The van der Waals surface area contributed by atoms with Crippen molar-refractivity contribution in [2.75, 3.05) is 0 Å². The highest BCUT2D eigenvalue weighted by Gasteiger charge is 2.45. The lowest BCUT2D eigenvalue weighted by Crippen LogP contribution is -2.32. The van der Waals surface area contributed by atoms with E-state index in [2.05, 4.69) is 5.32 Å². The third-order valence-corrected chi connectivity index (χ3v) is 3.45. The van der Waals surface area contributed by atoms with Crippen LogP contribution in [0.15, 0.2) is 24.3 Å². The van der Waals surface area contributed by atoms with Gasteiger partial charge in [0.2, 0.25) is 0 Å². The van der Waals surface area contributed by atoms with Gasteiger partial charge in [0.05, 0.1) is 0 Å². The maximum Gasteiger partial charge on any atom is 0.323 e. The SMILES string of the molecule is Cc1ccccc1C1C(=N)NC(=O)N1C1CC1. The molecule has 1 heterocycles. The summed E-state index contributed by atoms with van der Waals surface area (Å²) < 4.78 is 0. The Balaban J connectivity index is 2.02. The molecule has 1 saturated carbocycles. The number of benzene rings is 1. The monoisotopic (exact) mass is 229 g/mol. The molecular formula is C13H15N3O. The summed E-state index contributed by atoms with van der Waals surface area (Å²) in [5.41, 5.74) is 2.19. The van der Waals surface area contributed by atoms with Gasteiger partial charge in [-0.15, -0.1) is 0 Å². The van der Waals surface area contributed by atoms with Crippen LogP contribution in [0.25, 0.3) is 0 Å². The second kappa shape index (κ2) is 3.58. The average molecular weight is 229 g/mol. The van der Waals surface area contributed by atoms with Crippen molar-refractivity contribution >= 4 is 11.9 Å². The zero-order valence-electron chi connectivity index (χ0n) is 9.73. The molecule has 1 aromatic carbocycles. The Morgan fingerprint density at radius 1 is 1.35 bits per heavy atom. The molecule has 1 aromatic rings. The van der Waals surface area contributed by atoms with Gasteiger partial charge in [0, 0.05) is 6.04 Å². The summed E-state index contributed by atoms with van der Waals surface area (Å²) in [6.45, 7) is 2.02. The maximum atomic E-state index is 11.8. The molecule has 2 N–H and O–H groups in total. The van der Waals surface area contributed by atoms with Crippen LogP contribution in [0.1, 0.15) is 30.0 Å². The fourth-order valence-electron chi connectivity index (χ4n) is 2.43. The minimum atomic E-state index is -0.212. The molecule has 1 unspecified atom stereocenters. The molecule has 2 amide bonds. The third-order valence-electron chi connectivity index (χ3n) is 3.45. The molecule has 88 valence electrons. The Kier molecular flexibility index (Phi) is 2.18. The number of aryl methyl sites for hydroxylation is 1. The van der Waals surface area contributed by atoms with Crippen LogP contribution in [0.4, 0.5) is 4.79 Å². The molecule has 1 atom stereocenters. The highest BCUT2D eigenvalue weighted by molar-refractivity contribution is 6.06. The van der Waals surface area contributed by atoms with Gasteiger partial charge in [0.25, 0.3) is 0 Å². The highest BCUT2D eigenvalue weighted by Crippen LogP contribution is 2.38. The maximum absolute atomic E-state index is 11.8. The van der Waals surface area contributed by atoms with E-state index in [0.29, 0.717) is 11.9 Å². The van der Waals surface area contributed by atoms with E-state index in [1.54, 1.807) is 0 Å². The largest absolute Gasteiger partial charge is 0.323 e. The van der Waals surface area contributed by atoms with Gasteiger partial charge in [-0.3, -0.25) is 10.7 Å². The number of amidine groups is 1. The van der Waals surface area contributed by atoms with Crippen LogP contribution in [-0.4, -0.2) is 22.8 Å². The van der Waals surface area contributed by atoms with Gasteiger partial charge in [-0.1, -0.05) is 24.3 Å². The first-order chi connectivity index (χ1) is 8.18. The molecule has 2 fully saturated rings. The topological polar surface area (TPSA) is 56.2 Å². The van der Waals surface area contributed by atoms with E-state index in [9.17, 15) is 4.79 Å². The predicted octanol–water partition coefficient (Wildman–Crippen LogP) is 2.20. The van der Waals surface area contributed by atoms with E-state index in [4.69, 9.17) is 5.41 Å². The lowest BCUT2D eigenvalue weighted by molar-refractivity contribution is 0.202. The Morgan fingerprint density at radius 3 is 2.71 bits per heavy atom. The minimum Gasteiger partial charge on any atom is -0.307 e. The lowest BCUT2D eigenvalue weighted by Gasteiger charge is -2.23. The molecule has 1 saturated heterocycles. The number of nitrogens with zero attached hydrogens (tertiary/aromatic N) is 1. The van der Waals surface area contributed by atoms with Gasteiger partial charge in [0.15, 0.2) is 0 Å². The summed E-state index contributed by atoms with van der Waals surface area (Å²) in [6, 6.07) is 7.96. The van der Waals surface area contributed by atoms with E-state index in [0.717, 1.165) is 24.0 Å². The first-order valence-electron chi connectivity index (χ1n) is 5.92. The molecule has 0 bridgehead atoms. The van der Waals surface area contributed by atoms with Crippen LogP contribution in [0.5, 0.6) is 0 Å². The minimum absolute atomic E-state index is 0.120. The van der Waals surface area contributed by atoms with Crippen molar-refractivity contribution in [3.8, 4) is 0 Å². The molecule has 3 rings (SSSR count). The summed E-state index contributed by atoms with van der Waals surface area (Å²) in [5, 5.41) is 10.6. The lowest BCUT2D eigenvalue weighted by atomic mass is 10.00. The van der Waals surface area contributed by atoms with Gasteiger partial charge < -0.3 is 4.90 Å². The molecule has 17 heavy (non-hydrogen) atoms. The van der Waals surface area contributed by atoms with Gasteiger partial charge in [-0.2, -0.15) is 0 Å². The molecule has 4 heteroatoms. The fourth-order valence-corrected chi connectivity index (χ4v) is 2.43. The van der Waals surface area contributed by atoms with Crippen molar-refractivity contribution in [1.29, 1.82) is 5.41 Å². The Labute approximate surface area is 100 Å². The first kappa shape index (κ1) is 10.3. The molecule has 2 aliphatic rings. The second-order valence-corrected chi connectivity index (χ2v) is 4.74. The molecular weight excluding hydrogens is 214 g/mol. The van der Waals surface area contributed by atoms with E-state index in [1.165, 1.54) is 0 Å². The molecule has 1 aliphatic heterocycles. The normalized spacial score (nSPS) is 24.1. The van der Waals surface area contributed by atoms with Crippen molar-refractivity contribution in [3.63, 3.8) is 0 Å². The zero-order chi connectivity index (χ0) is 12.0. The Bertz CT molecular complexity index is 493. The number of urea groups is 1. The summed E-state index contributed by atoms with van der Waals surface area (Å²) in [4.78, 5) is 13.7. The van der Waals surface area contributed by atoms with Crippen LogP contribution in [0.2, 0.25) is 0 Å². The predicted molar refractivity (Wildman–Crippen MR) is 65.0 cm³/mol. The molecule has 0 radical (unpaired) electrons. The van der Waals surface area contributed by atoms with E-state index in [-0.39, 0.29) is 12.1 Å². The summed E-state index contributed by atoms with van der Waals surface area (Å²) in [7, 11) is 0. The van der Waals surface area contributed by atoms with Gasteiger partial charge >= 0.3 is 6.03 Å². The van der Waals surface area contributed by atoms with Crippen molar-refractivity contribution in [1.82, 2.24) is 10.2 Å². The molecule has 1 aliphatic carbocycles. The van der Waals surface area contributed by atoms with Crippen LogP contribution < -0.4 is 5.32 Å². The number of hydrogen-bond donors (Lipinski definition) is 2. The van der Waals surface area contributed by atoms with Gasteiger partial charge in [-0.05, 0) is 30.9 Å². The summed E-state index contributed by atoms with van der Waals surface area (Å²) in [6.07, 6.45) is 2.12. The van der Waals surface area contributed by atoms with Crippen LogP contribution in [0.3, 0.4) is 0 Å². The van der Waals surface area contributed by atoms with Crippen molar-refractivity contribution in [2.24, 2.45) is 0 Å². The van der Waals surface area contributed by atoms with E-state index in [1.807, 2.05) is 36.1 Å². The van der Waals surface area contributed by atoms with Crippen molar-refractivity contribution in [3.05, 3.63) is 35.4 Å². The Morgan fingerprint density at radius 2 is 2.06 bits per heavy atom. The van der Waals surface area contributed by atoms with Crippen LogP contribution >= 0.6 is 0 Å². The number of rotatable bonds is 2. The summed E-state index contributed by atoms with van der Waals surface area (Å²) in [5.74, 6) is 0.302. The highest BCUT2D eigenvalue weighted by atomic mass is 16.2. The van der Waals surface area contributed by atoms with Crippen molar-refractivity contribution in [2.45, 2.75) is 31.8 Å². The van der Waals surface area contributed by atoms with E-state index < -0.39 is 0 Å². The van der Waals surface area contributed by atoms with E-state index >= 15 is 0 Å². The van der Waals surface area contributed by atoms with Gasteiger partial charge in [-0.25, -0.2) is 4.79 Å². The number of amides is 2. The first-order valence-corrected chi connectivity index (χ1v) is 5.92. The number of nitrogens with one attached hydrogen (secondary N) is 2. The fraction of sp³-hybridized carbons (Fsp3) is 0.385. The quantitative estimate of drug-likeness (QED) is 0.802. The molecule has 0 aromatic heterocycles. The molecule has 4 nitrogen and oxygen atoms in total. The third kappa shape index (κ3) is 1.60. The smallest absolute Gasteiger partial charge is 0.307 e. The molecule has 0 spiro atoms. The summed E-state index contributed by atoms with van der Waals surface area (Å²) >= 11 is 0. The number of carbonyl (C=O) groups excluding carboxylic acids is 1. The van der Waals surface area contributed by atoms with Crippen molar-refractivity contribution < 1.29 is 4.79 Å². The Hall–Kier alpha value is -1.84. The number of hydrogen-bond acceptors (Lipinski definition) is 2. The van der Waals surface area contributed by atoms with Crippen LogP contribution in [-0.2, 0) is 0 Å². The van der Waals surface area contributed by atoms with Gasteiger partial charge in [0.1, 0.15) is 11.9 Å². The second-order valence-electron chi connectivity index (χ2n) is 4.74. The standard InChI is InChI=1S/C13H15N3O/c1-8-4-2-3-5-10(8)11-12(14)15-13(17)16(11)9-6-7-9/h2-5,9,11H,6-7H2,1H3,(H2,14,15,17). The number of carbonyl (C=O) groups is 1. The average Bonchev–Trinajstić information content (AvgIpc) is 3.06.